The third kappa shape index (κ3) is 2.33. The molecule has 0 spiro atoms. The van der Waals surface area contributed by atoms with Gasteiger partial charge in [0.1, 0.15) is 12.0 Å². The van der Waals surface area contributed by atoms with Crippen LogP contribution in [-0.4, -0.2) is 16.4 Å². The Kier molecular flexibility index (Phi) is 3.09. The molecule has 3 heteroatoms. The molecule has 68 valence electrons. The van der Waals surface area contributed by atoms with Gasteiger partial charge in [0.25, 0.3) is 0 Å². The van der Waals surface area contributed by atoms with Gasteiger partial charge in [-0.2, -0.15) is 0 Å². The number of aromatic nitrogens is 1. The molecule has 13 heavy (non-hydrogen) atoms. The SMILES string of the molecule is CC=O.Oc1ccc2[nH]ccc2c1. The molecule has 0 amide bonds. The van der Waals surface area contributed by atoms with Gasteiger partial charge in [0.2, 0.25) is 0 Å². The number of phenols is 1. The molecule has 0 atom stereocenters. The predicted octanol–water partition coefficient (Wildman–Crippen LogP) is 2.08. The monoisotopic (exact) mass is 177 g/mol. The molecule has 3 nitrogen and oxygen atoms in total. The van der Waals surface area contributed by atoms with Crippen LogP contribution in [0.3, 0.4) is 0 Å². The predicted molar refractivity (Wildman–Crippen MR) is 51.7 cm³/mol. The minimum Gasteiger partial charge on any atom is -0.508 e. The second kappa shape index (κ2) is 4.30. The van der Waals surface area contributed by atoms with Crippen LogP contribution in [0, 0.1) is 0 Å². The van der Waals surface area contributed by atoms with E-state index >= 15 is 0 Å². The number of carbonyl (C=O) groups excluding carboxylic acids is 1. The summed E-state index contributed by atoms with van der Waals surface area (Å²) in [6.45, 7) is 1.44. The van der Waals surface area contributed by atoms with Crippen LogP contribution >= 0.6 is 0 Å². The summed E-state index contributed by atoms with van der Waals surface area (Å²) in [6.07, 6.45) is 2.60. The zero-order chi connectivity index (χ0) is 9.68. The summed E-state index contributed by atoms with van der Waals surface area (Å²) in [4.78, 5) is 11.8. The average molecular weight is 177 g/mol. The smallest absolute Gasteiger partial charge is 0.116 e. The Bertz CT molecular complexity index is 392. The Morgan fingerprint density at radius 1 is 1.38 bits per heavy atom. The Morgan fingerprint density at radius 3 is 2.77 bits per heavy atom. The molecule has 0 fully saturated rings. The normalized spacial score (nSPS) is 9.00. The summed E-state index contributed by atoms with van der Waals surface area (Å²) in [5, 5.41) is 10.1. The van der Waals surface area contributed by atoms with Gasteiger partial charge in [0.15, 0.2) is 0 Å². The summed E-state index contributed by atoms with van der Waals surface area (Å²) in [7, 11) is 0. The van der Waals surface area contributed by atoms with Gasteiger partial charge in [-0.15, -0.1) is 0 Å². The van der Waals surface area contributed by atoms with Gasteiger partial charge < -0.3 is 14.9 Å². The van der Waals surface area contributed by atoms with Crippen LogP contribution in [0.4, 0.5) is 0 Å². The van der Waals surface area contributed by atoms with E-state index in [1.807, 2.05) is 18.3 Å². The lowest BCUT2D eigenvalue weighted by atomic mass is 10.2. The van der Waals surface area contributed by atoms with E-state index in [9.17, 15) is 0 Å². The molecule has 2 aromatic rings. The standard InChI is InChI=1S/C8H7NO.C2H4O/c10-7-1-2-8-6(5-7)3-4-9-8;1-2-3/h1-5,9-10H;2H,1H3. The summed E-state index contributed by atoms with van der Waals surface area (Å²) in [6, 6.07) is 7.17. The third-order valence-electron chi connectivity index (χ3n) is 1.54. The number of aldehydes is 1. The maximum atomic E-state index is 9.03. The zero-order valence-corrected chi connectivity index (χ0v) is 7.32. The van der Waals surface area contributed by atoms with Crippen molar-refractivity contribution in [1.82, 2.24) is 4.98 Å². The highest BCUT2D eigenvalue weighted by Crippen LogP contribution is 2.17. The van der Waals surface area contributed by atoms with E-state index in [2.05, 4.69) is 4.98 Å². The van der Waals surface area contributed by atoms with E-state index in [1.54, 1.807) is 12.1 Å². The molecule has 2 N–H and O–H groups in total. The highest BCUT2D eigenvalue weighted by atomic mass is 16.3. The van der Waals surface area contributed by atoms with Gasteiger partial charge in [-0.05, 0) is 31.2 Å². The van der Waals surface area contributed by atoms with Crippen LogP contribution in [0.25, 0.3) is 10.9 Å². The first-order valence-electron chi connectivity index (χ1n) is 3.94. The minimum absolute atomic E-state index is 0.312. The molecule has 1 aromatic carbocycles. The van der Waals surface area contributed by atoms with E-state index in [4.69, 9.17) is 9.90 Å². The van der Waals surface area contributed by atoms with Gasteiger partial charge in [-0.3, -0.25) is 0 Å². The van der Waals surface area contributed by atoms with E-state index in [0.29, 0.717) is 5.75 Å². The van der Waals surface area contributed by atoms with Crippen molar-refractivity contribution in [2.45, 2.75) is 6.92 Å². The first-order chi connectivity index (χ1) is 6.27. The highest BCUT2D eigenvalue weighted by molar-refractivity contribution is 5.80. The average Bonchev–Trinajstić information content (AvgIpc) is 2.52. The molecule has 0 radical (unpaired) electrons. The zero-order valence-electron chi connectivity index (χ0n) is 7.32. The molecule has 0 aliphatic heterocycles. The van der Waals surface area contributed by atoms with Crippen LogP contribution in [0.5, 0.6) is 5.75 Å². The van der Waals surface area contributed by atoms with E-state index in [0.717, 1.165) is 17.2 Å². The Balaban J connectivity index is 0.000000251. The first-order valence-corrected chi connectivity index (χ1v) is 3.94. The molecule has 1 aromatic heterocycles. The topological polar surface area (TPSA) is 53.1 Å². The number of phenolic OH excluding ortho intramolecular Hbond substituents is 1. The maximum Gasteiger partial charge on any atom is 0.116 e. The van der Waals surface area contributed by atoms with E-state index in [-0.39, 0.29) is 0 Å². The fourth-order valence-electron chi connectivity index (χ4n) is 1.04. The second-order valence-corrected chi connectivity index (χ2v) is 2.48. The van der Waals surface area contributed by atoms with Crippen molar-refractivity contribution in [2.24, 2.45) is 0 Å². The molecular weight excluding hydrogens is 166 g/mol. The summed E-state index contributed by atoms with van der Waals surface area (Å²) in [5.41, 5.74) is 1.05. The van der Waals surface area contributed by atoms with Crippen molar-refractivity contribution in [3.8, 4) is 5.75 Å². The lowest BCUT2D eigenvalue weighted by molar-refractivity contribution is -0.106. The van der Waals surface area contributed by atoms with Gasteiger partial charge in [-0.1, -0.05) is 0 Å². The Hall–Kier alpha value is -1.77. The highest BCUT2D eigenvalue weighted by Gasteiger charge is 1.92. The molecule has 0 saturated carbocycles. The lowest BCUT2D eigenvalue weighted by Crippen LogP contribution is -1.65. The fraction of sp³-hybridized carbons (Fsp3) is 0.100. The van der Waals surface area contributed by atoms with Crippen LogP contribution in [-0.2, 0) is 4.79 Å². The summed E-state index contributed by atoms with van der Waals surface area (Å²) >= 11 is 0. The fourth-order valence-corrected chi connectivity index (χ4v) is 1.04. The Labute approximate surface area is 76.0 Å². The molecule has 0 unspecified atom stereocenters. The Morgan fingerprint density at radius 2 is 2.08 bits per heavy atom. The second-order valence-electron chi connectivity index (χ2n) is 2.48. The lowest BCUT2D eigenvalue weighted by Gasteiger charge is -1.89. The number of carbonyl (C=O) groups is 1. The van der Waals surface area contributed by atoms with Crippen LogP contribution < -0.4 is 0 Å². The molecule has 2 rings (SSSR count). The number of aromatic hydroxyl groups is 1. The van der Waals surface area contributed by atoms with Crippen LogP contribution in [0.15, 0.2) is 30.5 Å². The summed E-state index contributed by atoms with van der Waals surface area (Å²) < 4.78 is 0. The number of aromatic amines is 1. The quantitative estimate of drug-likeness (QED) is 0.605. The number of hydrogen-bond donors (Lipinski definition) is 2. The van der Waals surface area contributed by atoms with Gasteiger partial charge in [-0.25, -0.2) is 0 Å². The van der Waals surface area contributed by atoms with Crippen molar-refractivity contribution < 1.29 is 9.90 Å². The summed E-state index contributed by atoms with van der Waals surface area (Å²) in [5.74, 6) is 0.312. The van der Waals surface area contributed by atoms with Crippen molar-refractivity contribution in [1.29, 1.82) is 0 Å². The van der Waals surface area contributed by atoms with Crippen molar-refractivity contribution in [2.75, 3.05) is 0 Å². The van der Waals surface area contributed by atoms with Gasteiger partial charge in [0, 0.05) is 17.1 Å². The van der Waals surface area contributed by atoms with Crippen LogP contribution in [0.1, 0.15) is 6.92 Å². The number of nitrogens with one attached hydrogen (secondary N) is 1. The molecule has 0 saturated heterocycles. The minimum atomic E-state index is 0.312. The molecule has 1 heterocycles. The number of hydrogen-bond acceptors (Lipinski definition) is 2. The molecule has 0 aliphatic carbocycles. The van der Waals surface area contributed by atoms with Gasteiger partial charge in [0.05, 0.1) is 0 Å². The number of benzene rings is 1. The van der Waals surface area contributed by atoms with E-state index < -0.39 is 0 Å². The maximum absolute atomic E-state index is 9.03. The van der Waals surface area contributed by atoms with Crippen molar-refractivity contribution in [3.63, 3.8) is 0 Å². The van der Waals surface area contributed by atoms with Gasteiger partial charge >= 0.3 is 0 Å². The number of rotatable bonds is 0. The van der Waals surface area contributed by atoms with Crippen LogP contribution in [0.2, 0.25) is 0 Å². The number of fused-ring (bicyclic) bond motifs is 1. The first kappa shape index (κ1) is 9.32. The number of H-pyrrole nitrogens is 1. The van der Waals surface area contributed by atoms with E-state index in [1.165, 1.54) is 6.92 Å². The molecule has 0 aliphatic rings. The molecule has 0 bridgehead atoms. The molecular formula is C10H11NO2. The third-order valence-corrected chi connectivity index (χ3v) is 1.54. The van der Waals surface area contributed by atoms with Crippen molar-refractivity contribution >= 4 is 17.2 Å². The largest absolute Gasteiger partial charge is 0.508 e. The van der Waals surface area contributed by atoms with Crippen molar-refractivity contribution in [3.05, 3.63) is 30.5 Å².